The molecular weight excluding hydrogens is 388 g/mol. The topological polar surface area (TPSA) is 84.5 Å². The number of anilines is 1. The lowest BCUT2D eigenvalue weighted by molar-refractivity contribution is 0.127. The fourth-order valence-electron chi connectivity index (χ4n) is 2.82. The molecule has 1 atom stereocenters. The monoisotopic (exact) mass is 408 g/mol. The zero-order valence-electron chi connectivity index (χ0n) is 14.7. The van der Waals surface area contributed by atoms with Gasteiger partial charge in [-0.1, -0.05) is 23.7 Å². The van der Waals surface area contributed by atoms with Gasteiger partial charge in [0, 0.05) is 23.9 Å². The number of amides is 2. The van der Waals surface area contributed by atoms with Crippen LogP contribution in [0.1, 0.15) is 18.4 Å². The summed E-state index contributed by atoms with van der Waals surface area (Å²) in [7, 11) is -3.40. The molecule has 0 aliphatic carbocycles. The summed E-state index contributed by atoms with van der Waals surface area (Å²) in [6.45, 7) is 0.977. The predicted octanol–water partition coefficient (Wildman–Crippen LogP) is 3.61. The number of nitrogens with one attached hydrogen (secondary N) is 2. The van der Waals surface area contributed by atoms with Crippen molar-refractivity contribution < 1.29 is 17.9 Å². The van der Waals surface area contributed by atoms with Crippen LogP contribution in [0.2, 0.25) is 5.02 Å². The van der Waals surface area contributed by atoms with Crippen LogP contribution in [0.5, 0.6) is 0 Å². The third kappa shape index (κ3) is 5.69. The summed E-state index contributed by atoms with van der Waals surface area (Å²) in [5, 5.41) is 6.05. The molecule has 6 nitrogen and oxygen atoms in total. The second-order valence-electron chi connectivity index (χ2n) is 6.37. The minimum Gasteiger partial charge on any atom is -0.377 e. The van der Waals surface area contributed by atoms with Crippen LogP contribution < -0.4 is 10.6 Å². The van der Waals surface area contributed by atoms with Gasteiger partial charge in [-0.3, -0.25) is 0 Å². The first-order valence-electron chi connectivity index (χ1n) is 8.66. The van der Waals surface area contributed by atoms with E-state index in [4.69, 9.17) is 16.3 Å². The molecule has 2 N–H and O–H groups in total. The molecule has 0 aromatic heterocycles. The van der Waals surface area contributed by atoms with Crippen molar-refractivity contribution in [2.45, 2.75) is 30.4 Å². The number of carbonyl (C=O) groups is 1. The van der Waals surface area contributed by atoms with Gasteiger partial charge in [0.05, 0.1) is 16.8 Å². The number of rotatable bonds is 6. The summed E-state index contributed by atoms with van der Waals surface area (Å²) in [4.78, 5) is 12.2. The van der Waals surface area contributed by atoms with Crippen molar-refractivity contribution in [2.75, 3.05) is 17.7 Å². The van der Waals surface area contributed by atoms with E-state index < -0.39 is 9.84 Å². The summed E-state index contributed by atoms with van der Waals surface area (Å²) in [6, 6.07) is 12.9. The molecule has 0 radical (unpaired) electrons. The zero-order chi connectivity index (χ0) is 19.3. The fourth-order valence-corrected chi connectivity index (χ4v) is 4.44. The Hall–Kier alpha value is -2.09. The molecule has 8 heteroatoms. The maximum absolute atomic E-state index is 12.4. The van der Waals surface area contributed by atoms with Crippen molar-refractivity contribution >= 4 is 33.2 Å². The summed E-state index contributed by atoms with van der Waals surface area (Å²) in [6.07, 6.45) is 1.44. The standard InChI is InChI=1S/C19H21ClN2O4S/c20-15-5-3-14(4-6-15)12-21-19(23)22-16-7-9-18(10-8-16)27(24,25)13-17-2-1-11-26-17/h3-10,17H,1-2,11-13H2,(H2,21,22,23). The van der Waals surface area contributed by atoms with Crippen LogP contribution in [-0.2, 0) is 21.1 Å². The summed E-state index contributed by atoms with van der Waals surface area (Å²) in [5.74, 6) is -0.0125. The summed E-state index contributed by atoms with van der Waals surface area (Å²) in [5.41, 5.74) is 1.43. The molecule has 1 aliphatic heterocycles. The highest BCUT2D eigenvalue weighted by molar-refractivity contribution is 7.91. The Bertz CT molecular complexity index is 877. The predicted molar refractivity (Wildman–Crippen MR) is 105 cm³/mol. The third-order valence-electron chi connectivity index (χ3n) is 4.27. The number of benzene rings is 2. The van der Waals surface area contributed by atoms with E-state index in [9.17, 15) is 13.2 Å². The highest BCUT2D eigenvalue weighted by Gasteiger charge is 2.24. The minimum atomic E-state index is -3.40. The van der Waals surface area contributed by atoms with Crippen LogP contribution in [0, 0.1) is 0 Å². The van der Waals surface area contributed by atoms with Crippen LogP contribution in [0.25, 0.3) is 0 Å². The third-order valence-corrected chi connectivity index (χ3v) is 6.32. The zero-order valence-corrected chi connectivity index (χ0v) is 16.2. The molecule has 2 aromatic rings. The van der Waals surface area contributed by atoms with E-state index in [0.717, 1.165) is 18.4 Å². The van der Waals surface area contributed by atoms with Crippen LogP contribution in [-0.4, -0.2) is 32.9 Å². The lowest BCUT2D eigenvalue weighted by atomic mass is 10.2. The Morgan fingerprint density at radius 3 is 2.44 bits per heavy atom. The van der Waals surface area contributed by atoms with Gasteiger partial charge < -0.3 is 15.4 Å². The van der Waals surface area contributed by atoms with Gasteiger partial charge >= 0.3 is 6.03 Å². The van der Waals surface area contributed by atoms with Gasteiger partial charge in [0.1, 0.15) is 0 Å². The highest BCUT2D eigenvalue weighted by atomic mass is 35.5. The van der Waals surface area contributed by atoms with E-state index in [-0.39, 0.29) is 22.8 Å². The van der Waals surface area contributed by atoms with E-state index in [1.807, 2.05) is 12.1 Å². The average molecular weight is 409 g/mol. The summed E-state index contributed by atoms with van der Waals surface area (Å²) >= 11 is 5.82. The second-order valence-corrected chi connectivity index (χ2v) is 8.85. The van der Waals surface area contributed by atoms with Crippen molar-refractivity contribution in [3.8, 4) is 0 Å². The summed E-state index contributed by atoms with van der Waals surface area (Å²) < 4.78 is 30.2. The van der Waals surface area contributed by atoms with Crippen LogP contribution in [0.3, 0.4) is 0 Å². The number of halogens is 1. The number of hydrogen-bond donors (Lipinski definition) is 2. The van der Waals surface area contributed by atoms with Gasteiger partial charge in [0.15, 0.2) is 9.84 Å². The van der Waals surface area contributed by atoms with Gasteiger partial charge in [0.25, 0.3) is 0 Å². The second kappa shape index (κ2) is 8.73. The van der Waals surface area contributed by atoms with Gasteiger partial charge in [0.2, 0.25) is 0 Å². The minimum absolute atomic E-state index is 0.0125. The molecule has 0 bridgehead atoms. The molecule has 0 spiro atoms. The Morgan fingerprint density at radius 2 is 1.81 bits per heavy atom. The molecule has 2 aromatic carbocycles. The molecule has 1 aliphatic rings. The largest absolute Gasteiger partial charge is 0.377 e. The van der Waals surface area contributed by atoms with Gasteiger partial charge in [-0.2, -0.15) is 0 Å². The van der Waals surface area contributed by atoms with Gasteiger partial charge in [-0.05, 0) is 54.8 Å². The Morgan fingerprint density at radius 1 is 1.11 bits per heavy atom. The Labute approximate surface area is 163 Å². The lowest BCUT2D eigenvalue weighted by Crippen LogP contribution is -2.28. The molecule has 1 fully saturated rings. The van der Waals surface area contributed by atoms with E-state index in [1.54, 1.807) is 24.3 Å². The maximum atomic E-state index is 12.4. The van der Waals surface area contributed by atoms with Crippen LogP contribution in [0.15, 0.2) is 53.4 Å². The average Bonchev–Trinajstić information content (AvgIpc) is 3.14. The molecule has 2 amide bonds. The SMILES string of the molecule is O=C(NCc1ccc(Cl)cc1)Nc1ccc(S(=O)(=O)CC2CCCO2)cc1. The van der Waals surface area contributed by atoms with E-state index >= 15 is 0 Å². The van der Waals surface area contributed by atoms with Crippen molar-refractivity contribution in [2.24, 2.45) is 0 Å². The fraction of sp³-hybridized carbons (Fsp3) is 0.316. The van der Waals surface area contributed by atoms with Crippen LogP contribution >= 0.6 is 11.6 Å². The highest BCUT2D eigenvalue weighted by Crippen LogP contribution is 2.20. The number of hydrogen-bond acceptors (Lipinski definition) is 4. The number of urea groups is 1. The molecule has 1 unspecified atom stereocenters. The lowest BCUT2D eigenvalue weighted by Gasteiger charge is -2.11. The number of sulfone groups is 1. The Balaban J connectivity index is 1.53. The van der Waals surface area contributed by atoms with E-state index in [1.165, 1.54) is 12.1 Å². The molecule has 0 saturated carbocycles. The maximum Gasteiger partial charge on any atom is 0.319 e. The first-order chi connectivity index (χ1) is 12.9. The van der Waals surface area contributed by atoms with Crippen LogP contribution in [0.4, 0.5) is 10.5 Å². The Kier molecular flexibility index (Phi) is 6.36. The molecule has 1 saturated heterocycles. The molecular formula is C19H21ClN2O4S. The first-order valence-corrected chi connectivity index (χ1v) is 10.7. The van der Waals surface area contributed by atoms with Gasteiger partial charge in [-0.15, -0.1) is 0 Å². The van der Waals surface area contributed by atoms with Crippen molar-refractivity contribution in [3.05, 3.63) is 59.1 Å². The number of ether oxygens (including phenoxy) is 1. The molecule has 3 rings (SSSR count). The van der Waals surface area contributed by atoms with Crippen molar-refractivity contribution in [1.29, 1.82) is 0 Å². The molecule has 27 heavy (non-hydrogen) atoms. The van der Waals surface area contributed by atoms with E-state index in [0.29, 0.717) is 23.9 Å². The van der Waals surface area contributed by atoms with Gasteiger partial charge in [-0.25, -0.2) is 13.2 Å². The quantitative estimate of drug-likeness (QED) is 0.764. The van der Waals surface area contributed by atoms with Crippen molar-refractivity contribution in [3.63, 3.8) is 0 Å². The molecule has 144 valence electrons. The smallest absolute Gasteiger partial charge is 0.319 e. The first kappa shape index (κ1) is 19.7. The molecule has 1 heterocycles. The van der Waals surface area contributed by atoms with E-state index in [2.05, 4.69) is 10.6 Å². The number of carbonyl (C=O) groups excluding carboxylic acids is 1. The normalized spacial score (nSPS) is 16.9. The van der Waals surface area contributed by atoms with Crippen molar-refractivity contribution in [1.82, 2.24) is 5.32 Å².